The minimum Gasteiger partial charge on any atom is -0.380 e. The maximum atomic E-state index is 13.8. The maximum absolute atomic E-state index is 13.8. The zero-order valence-corrected chi connectivity index (χ0v) is 14.0. The number of amides is 1. The molecule has 0 atom stereocenters. The average Bonchev–Trinajstić information content (AvgIpc) is 2.92. The summed E-state index contributed by atoms with van der Waals surface area (Å²) >= 11 is 1.40. The summed E-state index contributed by atoms with van der Waals surface area (Å²) in [5, 5.41) is 1.89. The van der Waals surface area contributed by atoms with Crippen molar-refractivity contribution in [2.24, 2.45) is 0 Å². The van der Waals surface area contributed by atoms with Gasteiger partial charge in [0.05, 0.1) is 22.9 Å². The average molecular weight is 334 g/mol. The number of carbonyl (C=O) groups is 1. The fraction of sp³-hybridized carbons (Fsp3) is 0.353. The highest BCUT2D eigenvalue weighted by atomic mass is 32.1. The molecule has 1 aliphatic rings. The van der Waals surface area contributed by atoms with Crippen molar-refractivity contribution in [2.45, 2.75) is 13.0 Å². The molecule has 1 aliphatic heterocycles. The van der Waals surface area contributed by atoms with E-state index >= 15 is 0 Å². The first-order valence-electron chi connectivity index (χ1n) is 7.49. The molecule has 0 aliphatic carbocycles. The summed E-state index contributed by atoms with van der Waals surface area (Å²) < 4.78 is 18.9. The molecule has 1 aromatic heterocycles. The lowest BCUT2D eigenvalue weighted by atomic mass is 10.2. The molecule has 0 saturated heterocycles. The van der Waals surface area contributed by atoms with E-state index in [1.807, 2.05) is 18.5 Å². The first kappa shape index (κ1) is 16.0. The van der Waals surface area contributed by atoms with Gasteiger partial charge in [-0.2, -0.15) is 0 Å². The summed E-state index contributed by atoms with van der Waals surface area (Å²) in [7, 11) is 3.57. The second-order valence-corrected chi connectivity index (χ2v) is 6.49. The first-order chi connectivity index (χ1) is 11.1. The third kappa shape index (κ3) is 3.09. The summed E-state index contributed by atoms with van der Waals surface area (Å²) in [6.07, 6.45) is 0.837. The highest BCUT2D eigenvalue weighted by molar-refractivity contribution is 7.12. The highest BCUT2D eigenvalue weighted by Gasteiger charge is 2.27. The van der Waals surface area contributed by atoms with Crippen LogP contribution in [0.5, 0.6) is 0 Å². The molecular weight excluding hydrogens is 315 g/mol. The molecule has 3 rings (SSSR count). The molecule has 0 radical (unpaired) electrons. The van der Waals surface area contributed by atoms with Gasteiger partial charge in [-0.1, -0.05) is 0 Å². The van der Waals surface area contributed by atoms with Gasteiger partial charge in [0.1, 0.15) is 5.82 Å². The molecular formula is C17H19FN2O2S. The predicted octanol–water partition coefficient (Wildman–Crippen LogP) is 3.52. The Kier molecular flexibility index (Phi) is 4.63. The van der Waals surface area contributed by atoms with Crippen LogP contribution in [0.15, 0.2) is 29.6 Å². The van der Waals surface area contributed by atoms with E-state index in [-0.39, 0.29) is 11.7 Å². The van der Waals surface area contributed by atoms with Crippen molar-refractivity contribution in [3.05, 3.63) is 45.9 Å². The number of fused-ring (bicyclic) bond motifs is 1. The molecule has 2 aromatic rings. The predicted molar refractivity (Wildman–Crippen MR) is 91.0 cm³/mol. The first-order valence-corrected chi connectivity index (χ1v) is 8.37. The van der Waals surface area contributed by atoms with Crippen molar-refractivity contribution in [1.82, 2.24) is 0 Å². The van der Waals surface area contributed by atoms with Gasteiger partial charge in [0.15, 0.2) is 0 Å². The van der Waals surface area contributed by atoms with Gasteiger partial charge in [-0.25, -0.2) is 4.39 Å². The van der Waals surface area contributed by atoms with Crippen LogP contribution in [0.2, 0.25) is 0 Å². The van der Waals surface area contributed by atoms with Crippen molar-refractivity contribution in [3.63, 3.8) is 0 Å². The summed E-state index contributed by atoms with van der Waals surface area (Å²) in [6.45, 7) is 1.80. The molecule has 2 heterocycles. The van der Waals surface area contributed by atoms with Crippen LogP contribution in [0.1, 0.15) is 21.7 Å². The number of rotatable bonds is 3. The Bertz CT molecular complexity index is 716. The monoisotopic (exact) mass is 334 g/mol. The third-order valence-corrected chi connectivity index (χ3v) is 4.95. The maximum Gasteiger partial charge on any atom is 0.268 e. The number of anilines is 2. The topological polar surface area (TPSA) is 32.8 Å². The number of thiophene rings is 1. The SMILES string of the molecule is COCc1ccsc1C(=O)N1CCCN(C)c2ccc(F)cc21. The fourth-order valence-corrected chi connectivity index (χ4v) is 3.73. The molecule has 0 fully saturated rings. The van der Waals surface area contributed by atoms with Crippen LogP contribution in [0.3, 0.4) is 0 Å². The van der Waals surface area contributed by atoms with Crippen LogP contribution in [0, 0.1) is 5.82 Å². The van der Waals surface area contributed by atoms with Gasteiger partial charge in [0.2, 0.25) is 0 Å². The van der Waals surface area contributed by atoms with Gasteiger partial charge in [-0.15, -0.1) is 11.3 Å². The normalized spacial score (nSPS) is 14.6. The summed E-state index contributed by atoms with van der Waals surface area (Å²) in [5.74, 6) is -0.422. The van der Waals surface area contributed by atoms with Gasteiger partial charge in [-0.05, 0) is 36.1 Å². The molecule has 0 spiro atoms. The van der Waals surface area contributed by atoms with Gasteiger partial charge in [0, 0.05) is 32.8 Å². The molecule has 4 nitrogen and oxygen atoms in total. The van der Waals surface area contributed by atoms with E-state index in [4.69, 9.17) is 4.74 Å². The molecule has 122 valence electrons. The van der Waals surface area contributed by atoms with Gasteiger partial charge >= 0.3 is 0 Å². The minimum atomic E-state index is -0.333. The number of carbonyl (C=O) groups excluding carboxylic acids is 1. The summed E-state index contributed by atoms with van der Waals surface area (Å²) in [4.78, 5) is 17.4. The van der Waals surface area contributed by atoms with Gasteiger partial charge in [0.25, 0.3) is 5.91 Å². The number of benzene rings is 1. The smallest absolute Gasteiger partial charge is 0.268 e. The number of ether oxygens (including phenoxy) is 1. The lowest BCUT2D eigenvalue weighted by Gasteiger charge is -2.24. The Hall–Kier alpha value is -1.92. The van der Waals surface area contributed by atoms with E-state index in [9.17, 15) is 9.18 Å². The van der Waals surface area contributed by atoms with E-state index in [0.717, 1.165) is 24.2 Å². The summed E-state index contributed by atoms with van der Waals surface area (Å²) in [6, 6.07) is 6.52. The van der Waals surface area contributed by atoms with Crippen LogP contribution in [-0.2, 0) is 11.3 Å². The molecule has 1 amide bonds. The van der Waals surface area contributed by atoms with Gasteiger partial charge in [-0.3, -0.25) is 4.79 Å². The molecule has 0 bridgehead atoms. The zero-order valence-electron chi connectivity index (χ0n) is 13.2. The molecule has 0 saturated carbocycles. The van der Waals surface area contributed by atoms with Crippen molar-refractivity contribution in [2.75, 3.05) is 37.0 Å². The molecule has 6 heteroatoms. The van der Waals surface area contributed by atoms with E-state index in [0.29, 0.717) is 23.7 Å². The van der Waals surface area contributed by atoms with Crippen molar-refractivity contribution in [1.29, 1.82) is 0 Å². The van der Waals surface area contributed by atoms with Crippen LogP contribution in [0.25, 0.3) is 0 Å². The number of nitrogens with zero attached hydrogens (tertiary/aromatic N) is 2. The Balaban J connectivity index is 2.02. The zero-order chi connectivity index (χ0) is 16.4. The van der Waals surface area contributed by atoms with Crippen LogP contribution in [0.4, 0.5) is 15.8 Å². The third-order valence-electron chi connectivity index (χ3n) is 4.00. The lowest BCUT2D eigenvalue weighted by Crippen LogP contribution is -2.31. The Morgan fingerprint density at radius 1 is 1.30 bits per heavy atom. The molecule has 1 aromatic carbocycles. The van der Waals surface area contributed by atoms with Crippen molar-refractivity contribution >= 4 is 28.6 Å². The molecule has 23 heavy (non-hydrogen) atoms. The van der Waals surface area contributed by atoms with E-state index in [1.165, 1.54) is 23.5 Å². The number of halogens is 1. The van der Waals surface area contributed by atoms with E-state index in [2.05, 4.69) is 4.90 Å². The highest BCUT2D eigenvalue weighted by Crippen LogP contribution is 2.34. The number of hydrogen-bond acceptors (Lipinski definition) is 4. The van der Waals surface area contributed by atoms with Crippen molar-refractivity contribution < 1.29 is 13.9 Å². The van der Waals surface area contributed by atoms with E-state index < -0.39 is 0 Å². The van der Waals surface area contributed by atoms with Crippen LogP contribution in [-0.4, -0.2) is 33.2 Å². The minimum absolute atomic E-state index is 0.0887. The standard InChI is InChI=1S/C17H19FN2O2S/c1-19-7-3-8-20(15-10-13(18)4-5-14(15)19)17(21)16-12(11-22-2)6-9-23-16/h4-6,9-10H,3,7-8,11H2,1-2H3. The van der Waals surface area contributed by atoms with Crippen LogP contribution >= 0.6 is 11.3 Å². The lowest BCUT2D eigenvalue weighted by molar-refractivity contribution is 0.0986. The Morgan fingerprint density at radius 3 is 2.91 bits per heavy atom. The Morgan fingerprint density at radius 2 is 2.13 bits per heavy atom. The van der Waals surface area contributed by atoms with E-state index in [1.54, 1.807) is 18.1 Å². The largest absolute Gasteiger partial charge is 0.380 e. The number of hydrogen-bond donors (Lipinski definition) is 0. The summed E-state index contributed by atoms with van der Waals surface area (Å²) in [5.41, 5.74) is 2.38. The molecule has 0 unspecified atom stereocenters. The fourth-order valence-electron chi connectivity index (χ4n) is 2.87. The second kappa shape index (κ2) is 6.68. The Labute approximate surface area is 139 Å². The van der Waals surface area contributed by atoms with Gasteiger partial charge < -0.3 is 14.5 Å². The number of methoxy groups -OCH3 is 1. The quantitative estimate of drug-likeness (QED) is 0.861. The van der Waals surface area contributed by atoms with Crippen molar-refractivity contribution in [3.8, 4) is 0 Å². The van der Waals surface area contributed by atoms with Crippen LogP contribution < -0.4 is 9.80 Å². The second-order valence-electron chi connectivity index (χ2n) is 5.57. The molecule has 0 N–H and O–H groups in total.